The van der Waals surface area contributed by atoms with Crippen LogP contribution in [0.4, 0.5) is 0 Å². The Morgan fingerprint density at radius 2 is 1.96 bits per heavy atom. The molecule has 7 nitrogen and oxygen atoms in total. The Kier molecular flexibility index (Phi) is 4.87. The van der Waals surface area contributed by atoms with Crippen molar-refractivity contribution in [2.24, 2.45) is 5.41 Å². The molecule has 1 spiro atoms. The number of carbonyl (C=O) groups excluding carboxylic acids is 2. The van der Waals surface area contributed by atoms with E-state index in [-0.39, 0.29) is 23.8 Å². The van der Waals surface area contributed by atoms with Gasteiger partial charge in [0.2, 0.25) is 23.6 Å². The number of aromatic nitrogens is 2. The third-order valence-corrected chi connectivity index (χ3v) is 5.27. The molecule has 1 aliphatic heterocycles. The van der Waals surface area contributed by atoms with Crippen LogP contribution in [-0.4, -0.2) is 51.4 Å². The average molecular weight is 334 g/mol. The quantitative estimate of drug-likeness (QED) is 0.792. The third kappa shape index (κ3) is 3.44. The van der Waals surface area contributed by atoms with E-state index in [1.54, 1.807) is 9.80 Å². The number of aryl methyl sites for hydroxylation is 1. The minimum Gasteiger partial charge on any atom is -0.423 e. The first-order chi connectivity index (χ1) is 11.5. The van der Waals surface area contributed by atoms with Crippen LogP contribution in [0.3, 0.4) is 0 Å². The van der Waals surface area contributed by atoms with E-state index in [0.29, 0.717) is 37.7 Å². The van der Waals surface area contributed by atoms with Crippen molar-refractivity contribution in [2.45, 2.75) is 58.9 Å². The summed E-state index contributed by atoms with van der Waals surface area (Å²) in [5.41, 5.74) is 0.136. The van der Waals surface area contributed by atoms with E-state index in [9.17, 15) is 9.59 Å². The summed E-state index contributed by atoms with van der Waals surface area (Å²) >= 11 is 0. The van der Waals surface area contributed by atoms with Crippen LogP contribution in [0.25, 0.3) is 0 Å². The fourth-order valence-electron chi connectivity index (χ4n) is 3.88. The minimum absolute atomic E-state index is 0.0582. The predicted molar refractivity (Wildman–Crippen MR) is 86.9 cm³/mol. The molecule has 1 saturated carbocycles. The second-order valence-corrected chi connectivity index (χ2v) is 6.98. The summed E-state index contributed by atoms with van der Waals surface area (Å²) in [6.45, 7) is 5.60. The molecule has 0 atom stereocenters. The van der Waals surface area contributed by atoms with E-state index >= 15 is 0 Å². The van der Waals surface area contributed by atoms with Gasteiger partial charge in [-0.15, -0.1) is 10.2 Å². The largest absolute Gasteiger partial charge is 0.423 e. The first kappa shape index (κ1) is 16.9. The molecule has 1 aliphatic carbocycles. The third-order valence-electron chi connectivity index (χ3n) is 5.27. The Bertz CT molecular complexity index is 607. The fourth-order valence-corrected chi connectivity index (χ4v) is 3.88. The molecule has 0 N–H and O–H groups in total. The maximum atomic E-state index is 12.6. The molecule has 2 heterocycles. The summed E-state index contributed by atoms with van der Waals surface area (Å²) in [7, 11) is 0. The highest BCUT2D eigenvalue weighted by Crippen LogP contribution is 2.45. The van der Waals surface area contributed by atoms with Crippen LogP contribution in [0, 0.1) is 5.41 Å². The van der Waals surface area contributed by atoms with Crippen molar-refractivity contribution in [2.75, 3.05) is 19.6 Å². The van der Waals surface area contributed by atoms with Crippen molar-refractivity contribution in [3.63, 3.8) is 0 Å². The van der Waals surface area contributed by atoms with Crippen LogP contribution in [0.5, 0.6) is 0 Å². The van der Waals surface area contributed by atoms with Crippen molar-refractivity contribution < 1.29 is 14.0 Å². The molecule has 2 fully saturated rings. The molecule has 1 aromatic rings. The number of nitrogens with zero attached hydrogens (tertiary/aromatic N) is 4. The zero-order valence-electron chi connectivity index (χ0n) is 14.6. The second kappa shape index (κ2) is 6.91. The van der Waals surface area contributed by atoms with Crippen molar-refractivity contribution in [1.82, 2.24) is 20.0 Å². The van der Waals surface area contributed by atoms with Crippen LogP contribution in [0.2, 0.25) is 0 Å². The van der Waals surface area contributed by atoms with E-state index in [1.807, 2.05) is 13.8 Å². The number of rotatable bonds is 6. The lowest BCUT2D eigenvalue weighted by Gasteiger charge is -2.25. The maximum absolute atomic E-state index is 12.6. The van der Waals surface area contributed by atoms with Crippen molar-refractivity contribution in [3.05, 3.63) is 11.8 Å². The zero-order valence-corrected chi connectivity index (χ0v) is 14.6. The van der Waals surface area contributed by atoms with Crippen molar-refractivity contribution >= 4 is 11.8 Å². The molecular formula is C17H26N4O3. The Hall–Kier alpha value is -1.92. The van der Waals surface area contributed by atoms with Gasteiger partial charge >= 0.3 is 0 Å². The first-order valence-corrected chi connectivity index (χ1v) is 8.92. The first-order valence-electron chi connectivity index (χ1n) is 8.92. The molecule has 24 heavy (non-hydrogen) atoms. The monoisotopic (exact) mass is 334 g/mol. The summed E-state index contributed by atoms with van der Waals surface area (Å²) in [5, 5.41) is 7.90. The summed E-state index contributed by atoms with van der Waals surface area (Å²) in [6, 6.07) is 0. The summed E-state index contributed by atoms with van der Waals surface area (Å²) in [6.07, 6.45) is 5.92. The van der Waals surface area contributed by atoms with Gasteiger partial charge in [0, 0.05) is 25.9 Å². The molecule has 0 unspecified atom stereocenters. The highest BCUT2D eigenvalue weighted by Gasteiger charge is 2.45. The number of likely N-dealkylation sites (N-methyl/N-ethyl adjacent to an activating group) is 1. The van der Waals surface area contributed by atoms with Crippen molar-refractivity contribution in [1.29, 1.82) is 0 Å². The summed E-state index contributed by atoms with van der Waals surface area (Å²) < 4.78 is 5.49. The van der Waals surface area contributed by atoms with Gasteiger partial charge in [-0.1, -0.05) is 19.8 Å². The van der Waals surface area contributed by atoms with Gasteiger partial charge in [0.25, 0.3) is 0 Å². The Balaban J connectivity index is 1.59. The van der Waals surface area contributed by atoms with Crippen molar-refractivity contribution in [3.8, 4) is 0 Å². The van der Waals surface area contributed by atoms with Gasteiger partial charge in [-0.25, -0.2) is 0 Å². The summed E-state index contributed by atoms with van der Waals surface area (Å²) in [5.74, 6) is 1.08. The van der Waals surface area contributed by atoms with Crippen LogP contribution in [0.15, 0.2) is 4.42 Å². The lowest BCUT2D eigenvalue weighted by molar-refractivity contribution is -0.138. The number of hydrogen-bond donors (Lipinski definition) is 0. The highest BCUT2D eigenvalue weighted by molar-refractivity contribution is 5.86. The van der Waals surface area contributed by atoms with Crippen LogP contribution < -0.4 is 0 Å². The summed E-state index contributed by atoms with van der Waals surface area (Å²) in [4.78, 5) is 28.3. The van der Waals surface area contributed by atoms with E-state index < -0.39 is 0 Å². The minimum atomic E-state index is -0.0582. The Morgan fingerprint density at radius 1 is 1.25 bits per heavy atom. The van der Waals surface area contributed by atoms with E-state index in [0.717, 1.165) is 19.4 Å². The van der Waals surface area contributed by atoms with Gasteiger partial charge in [-0.05, 0) is 25.2 Å². The standard InChI is InChI=1S/C17H26N4O3/c1-3-13-18-19-14(24-13)10-20(4-2)16(23)11-21-12-17(9-15(21)22)7-5-6-8-17/h3-12H2,1-2H3. The van der Waals surface area contributed by atoms with Gasteiger partial charge in [-0.2, -0.15) is 0 Å². The van der Waals surface area contributed by atoms with E-state index in [4.69, 9.17) is 4.42 Å². The molecular weight excluding hydrogens is 308 g/mol. The van der Waals surface area contributed by atoms with Crippen LogP contribution >= 0.6 is 0 Å². The lowest BCUT2D eigenvalue weighted by Crippen LogP contribution is -2.41. The van der Waals surface area contributed by atoms with Crippen LogP contribution in [0.1, 0.15) is 57.7 Å². The molecule has 1 aromatic heterocycles. The molecule has 2 amide bonds. The molecule has 0 aromatic carbocycles. The normalized spacial score (nSPS) is 19.4. The Labute approximate surface area is 142 Å². The smallest absolute Gasteiger partial charge is 0.242 e. The molecule has 132 valence electrons. The number of carbonyl (C=O) groups is 2. The van der Waals surface area contributed by atoms with Gasteiger partial charge in [0.05, 0.1) is 13.1 Å². The lowest BCUT2D eigenvalue weighted by atomic mass is 9.85. The van der Waals surface area contributed by atoms with Crippen LogP contribution in [-0.2, 0) is 22.6 Å². The molecule has 7 heteroatoms. The van der Waals surface area contributed by atoms with Gasteiger partial charge in [0.15, 0.2) is 0 Å². The average Bonchev–Trinajstić information content (AvgIpc) is 3.27. The predicted octanol–water partition coefficient (Wildman–Crippen LogP) is 1.77. The molecule has 1 saturated heterocycles. The van der Waals surface area contributed by atoms with Gasteiger partial charge < -0.3 is 14.2 Å². The number of amides is 2. The van der Waals surface area contributed by atoms with E-state index in [2.05, 4.69) is 10.2 Å². The number of likely N-dealkylation sites (tertiary alicyclic amines) is 1. The topological polar surface area (TPSA) is 79.5 Å². The molecule has 2 aliphatic rings. The Morgan fingerprint density at radius 3 is 2.58 bits per heavy atom. The SMILES string of the molecule is CCc1nnc(CN(CC)C(=O)CN2CC3(CCCC3)CC2=O)o1. The zero-order chi connectivity index (χ0) is 17.2. The molecule has 3 rings (SSSR count). The highest BCUT2D eigenvalue weighted by atomic mass is 16.4. The maximum Gasteiger partial charge on any atom is 0.242 e. The molecule has 0 radical (unpaired) electrons. The van der Waals surface area contributed by atoms with E-state index in [1.165, 1.54) is 12.8 Å². The van der Waals surface area contributed by atoms with Gasteiger partial charge in [-0.3, -0.25) is 9.59 Å². The fraction of sp³-hybridized carbons (Fsp3) is 0.765. The molecule has 0 bridgehead atoms. The van der Waals surface area contributed by atoms with Gasteiger partial charge in [0.1, 0.15) is 0 Å². The number of hydrogen-bond acceptors (Lipinski definition) is 5. The second-order valence-electron chi connectivity index (χ2n) is 6.98.